The lowest BCUT2D eigenvalue weighted by atomic mass is 9.86. The van der Waals surface area contributed by atoms with Crippen molar-refractivity contribution < 1.29 is 4.11 Å². The standard InChI is InChI=1S/C26H38N2/c1-17(2)21-15-23(18(3)4)25(24(16-21)19(5)6)28-14-13-27(8)26(28)22-12-10-9-11-20(22)7/h9-12,15-19,26H,13-14H2,1-8H3/i17D,18D,19D. The van der Waals surface area contributed by atoms with Crippen molar-refractivity contribution in [1.29, 1.82) is 0 Å². The molecule has 1 saturated heterocycles. The molecule has 2 aromatic rings. The maximum absolute atomic E-state index is 8.98. The van der Waals surface area contributed by atoms with Gasteiger partial charge in [-0.25, -0.2) is 0 Å². The lowest BCUT2D eigenvalue weighted by molar-refractivity contribution is 0.317. The second-order valence-electron chi connectivity index (χ2n) is 8.82. The van der Waals surface area contributed by atoms with Crippen LogP contribution >= 0.6 is 0 Å². The summed E-state index contributed by atoms with van der Waals surface area (Å²) in [6.07, 6.45) is 0.0539. The molecule has 3 rings (SSSR count). The fourth-order valence-electron chi connectivity index (χ4n) is 4.26. The zero-order valence-electron chi connectivity index (χ0n) is 21.9. The number of aryl methyl sites for hydroxylation is 1. The average Bonchev–Trinajstić information content (AvgIpc) is 3.00. The van der Waals surface area contributed by atoms with Crippen molar-refractivity contribution in [2.75, 3.05) is 25.0 Å². The molecule has 0 radical (unpaired) electrons. The number of likely N-dealkylation sites (N-methyl/N-ethyl adjacent to an activating group) is 1. The molecule has 1 fully saturated rings. The minimum atomic E-state index is -0.853. The number of hydrogen-bond acceptors (Lipinski definition) is 2. The number of rotatable bonds is 5. The van der Waals surface area contributed by atoms with Gasteiger partial charge in [0.2, 0.25) is 0 Å². The highest BCUT2D eigenvalue weighted by Gasteiger charge is 2.35. The summed E-state index contributed by atoms with van der Waals surface area (Å²) in [6, 6.07) is 12.6. The minimum absolute atomic E-state index is 0.0539. The monoisotopic (exact) mass is 381 g/mol. The van der Waals surface area contributed by atoms with Crippen molar-refractivity contribution in [2.24, 2.45) is 0 Å². The van der Waals surface area contributed by atoms with Gasteiger partial charge in [0.1, 0.15) is 6.17 Å². The van der Waals surface area contributed by atoms with Gasteiger partial charge in [-0.15, -0.1) is 0 Å². The molecule has 1 atom stereocenters. The van der Waals surface area contributed by atoms with E-state index in [9.17, 15) is 0 Å². The lowest BCUT2D eigenvalue weighted by Crippen LogP contribution is -2.31. The van der Waals surface area contributed by atoms with Crippen LogP contribution in [-0.2, 0) is 0 Å². The molecular weight excluding hydrogens is 340 g/mol. The Morgan fingerprint density at radius 2 is 1.46 bits per heavy atom. The van der Waals surface area contributed by atoms with Gasteiger partial charge in [-0.05, 0) is 59.5 Å². The van der Waals surface area contributed by atoms with E-state index in [1.807, 2.05) is 53.7 Å². The highest BCUT2D eigenvalue weighted by atomic mass is 15.4. The van der Waals surface area contributed by atoms with Crippen LogP contribution in [-0.4, -0.2) is 25.0 Å². The van der Waals surface area contributed by atoms with Crippen LogP contribution in [0.15, 0.2) is 36.4 Å². The quantitative estimate of drug-likeness (QED) is 0.561. The molecule has 2 aromatic carbocycles. The minimum Gasteiger partial charge on any atom is -0.350 e. The molecule has 0 bridgehead atoms. The molecule has 1 heterocycles. The van der Waals surface area contributed by atoms with Crippen LogP contribution < -0.4 is 4.90 Å². The first-order valence-electron chi connectivity index (χ1n) is 11.8. The zero-order valence-corrected chi connectivity index (χ0v) is 18.9. The summed E-state index contributed by atoms with van der Waals surface area (Å²) in [7, 11) is 2.15. The van der Waals surface area contributed by atoms with Crippen LogP contribution in [0.1, 0.15) is 97.3 Å². The first-order chi connectivity index (χ1) is 14.1. The summed E-state index contributed by atoms with van der Waals surface area (Å²) >= 11 is 0. The van der Waals surface area contributed by atoms with E-state index in [-0.39, 0.29) is 6.17 Å². The first-order valence-corrected chi connectivity index (χ1v) is 10.3. The molecule has 2 nitrogen and oxygen atoms in total. The number of anilines is 1. The highest BCUT2D eigenvalue weighted by molar-refractivity contribution is 5.65. The molecule has 0 N–H and O–H groups in total. The van der Waals surface area contributed by atoms with E-state index in [0.717, 1.165) is 35.5 Å². The molecule has 0 amide bonds. The highest BCUT2D eigenvalue weighted by Crippen LogP contribution is 2.44. The van der Waals surface area contributed by atoms with Gasteiger partial charge in [-0.3, -0.25) is 4.90 Å². The maximum Gasteiger partial charge on any atom is 0.108 e. The largest absolute Gasteiger partial charge is 0.350 e. The SMILES string of the molecule is [2H]C(C)(C)c1cc(C([2H])(C)C)c(N2CCN(C)C2c2ccccc2C)c(C([2H])(C)C)c1. The summed E-state index contributed by atoms with van der Waals surface area (Å²) in [5, 5.41) is 0. The Morgan fingerprint density at radius 1 is 0.893 bits per heavy atom. The summed E-state index contributed by atoms with van der Waals surface area (Å²) < 4.78 is 26.6. The van der Waals surface area contributed by atoms with Crippen molar-refractivity contribution in [2.45, 2.75) is 72.3 Å². The Bertz CT molecular complexity index is 913. The van der Waals surface area contributed by atoms with Gasteiger partial charge in [0.15, 0.2) is 0 Å². The molecule has 1 aliphatic heterocycles. The molecule has 28 heavy (non-hydrogen) atoms. The molecule has 152 valence electrons. The summed E-state index contributed by atoms with van der Waals surface area (Å²) in [5.41, 5.74) is 6.15. The molecule has 0 aliphatic carbocycles. The van der Waals surface area contributed by atoms with Gasteiger partial charge < -0.3 is 4.90 Å². The van der Waals surface area contributed by atoms with Gasteiger partial charge in [-0.2, -0.15) is 0 Å². The van der Waals surface area contributed by atoms with E-state index in [4.69, 9.17) is 4.11 Å². The Balaban J connectivity index is 2.34. The van der Waals surface area contributed by atoms with E-state index in [0.29, 0.717) is 0 Å². The van der Waals surface area contributed by atoms with Crippen LogP contribution in [0.4, 0.5) is 5.69 Å². The fourth-order valence-corrected chi connectivity index (χ4v) is 4.26. The van der Waals surface area contributed by atoms with Crippen molar-refractivity contribution >= 4 is 5.69 Å². The Morgan fingerprint density at radius 3 is 1.96 bits per heavy atom. The molecule has 0 saturated carbocycles. The summed E-state index contributed by atoms with van der Waals surface area (Å²) in [6.45, 7) is 15.3. The van der Waals surface area contributed by atoms with Gasteiger partial charge in [0, 0.05) is 22.9 Å². The van der Waals surface area contributed by atoms with Crippen molar-refractivity contribution in [1.82, 2.24) is 4.90 Å². The summed E-state index contributed by atoms with van der Waals surface area (Å²) in [5.74, 6) is -2.50. The molecule has 1 unspecified atom stereocenters. The fraction of sp³-hybridized carbons (Fsp3) is 0.538. The Labute approximate surface area is 176 Å². The number of benzene rings is 2. The third kappa shape index (κ3) is 3.85. The van der Waals surface area contributed by atoms with Crippen LogP contribution in [0.3, 0.4) is 0 Å². The van der Waals surface area contributed by atoms with Crippen molar-refractivity contribution in [3.8, 4) is 0 Å². The predicted octanol–water partition coefficient (Wildman–Crippen LogP) is 6.82. The average molecular weight is 382 g/mol. The number of nitrogens with zero attached hydrogens (tertiary/aromatic N) is 2. The lowest BCUT2D eigenvalue weighted by Gasteiger charge is -2.36. The third-order valence-corrected chi connectivity index (χ3v) is 5.92. The Hall–Kier alpha value is -1.80. The van der Waals surface area contributed by atoms with Crippen molar-refractivity contribution in [3.05, 3.63) is 64.2 Å². The maximum atomic E-state index is 8.98. The second kappa shape index (κ2) is 8.29. The predicted molar refractivity (Wildman–Crippen MR) is 123 cm³/mol. The van der Waals surface area contributed by atoms with Gasteiger partial charge in [0.05, 0.1) is 0 Å². The first kappa shape index (κ1) is 17.1. The van der Waals surface area contributed by atoms with E-state index in [2.05, 4.69) is 48.0 Å². The Kier molecular flexibility index (Phi) is 5.06. The van der Waals surface area contributed by atoms with Crippen LogP contribution in [0.25, 0.3) is 0 Å². The van der Waals surface area contributed by atoms with E-state index < -0.39 is 17.7 Å². The topological polar surface area (TPSA) is 6.48 Å². The van der Waals surface area contributed by atoms with Gasteiger partial charge in [-0.1, -0.05) is 77.9 Å². The van der Waals surface area contributed by atoms with Crippen molar-refractivity contribution in [3.63, 3.8) is 0 Å². The zero-order chi connectivity index (χ0) is 23.4. The summed E-state index contributed by atoms with van der Waals surface area (Å²) in [4.78, 5) is 4.74. The second-order valence-corrected chi connectivity index (χ2v) is 8.82. The third-order valence-electron chi connectivity index (χ3n) is 5.92. The molecule has 1 aliphatic rings. The smallest absolute Gasteiger partial charge is 0.108 e. The van der Waals surface area contributed by atoms with Crippen LogP contribution in [0.5, 0.6) is 0 Å². The van der Waals surface area contributed by atoms with E-state index >= 15 is 0 Å². The van der Waals surface area contributed by atoms with Gasteiger partial charge in [0.25, 0.3) is 0 Å². The van der Waals surface area contributed by atoms with E-state index in [1.165, 1.54) is 11.1 Å². The van der Waals surface area contributed by atoms with Crippen LogP contribution in [0, 0.1) is 6.92 Å². The van der Waals surface area contributed by atoms with Gasteiger partial charge >= 0.3 is 0 Å². The van der Waals surface area contributed by atoms with Crippen LogP contribution in [0.2, 0.25) is 0 Å². The molecule has 2 heteroatoms. The molecule has 0 spiro atoms. The number of hydrogen-bond donors (Lipinski definition) is 0. The van der Waals surface area contributed by atoms with E-state index in [1.54, 1.807) is 0 Å². The normalized spacial score (nSPS) is 20.8. The molecular formula is C26H38N2. The molecule has 0 aromatic heterocycles.